The van der Waals surface area contributed by atoms with Crippen molar-refractivity contribution in [2.75, 3.05) is 52.9 Å². The standard InChI is InChI=1S/C32H31F19O12/c1-6-18(52)58-10-22(5,33)29(44,45)62-30(46,47)23(12-57-15-25(35,36)16-60-20(54)8-3,11-56-13-24(34,27(38,39)40)14-59-19(53)7-2)31(48,49)63-32(50,51)26(37,28(41,42)43)17-61-21(55)9-4/h6-9H,1-4,10-17H2,5H3. The van der Waals surface area contributed by atoms with Gasteiger partial charge in [0.2, 0.25) is 5.67 Å². The minimum atomic E-state index is -7.55. The Morgan fingerprint density at radius 1 is 0.413 bits per heavy atom. The molecule has 63 heavy (non-hydrogen) atoms. The smallest absolute Gasteiger partial charge is 0.434 e. The third kappa shape index (κ3) is 14.7. The Kier molecular flexibility index (Phi) is 19.4. The summed E-state index contributed by atoms with van der Waals surface area (Å²) in [5.41, 5.74) is -23.6. The zero-order valence-electron chi connectivity index (χ0n) is 31.4. The Morgan fingerprint density at radius 3 is 1.14 bits per heavy atom. The predicted molar refractivity (Wildman–Crippen MR) is 165 cm³/mol. The normalized spacial score (nSPS) is 17.1. The summed E-state index contributed by atoms with van der Waals surface area (Å²) >= 11 is 0. The lowest BCUT2D eigenvalue weighted by Gasteiger charge is -2.46. The SMILES string of the molecule is C=CC(=O)OCC(F)(F)COCC(COCC(F)(COC(=O)C=C)C(F)(F)F)(C(F)(F)OC(F)(F)C(C)(F)COC(=O)C=C)C(F)(F)OC(F)(F)C(F)(COC(=O)C=C)C(F)(F)F. The molecule has 0 amide bonds. The fourth-order valence-electron chi connectivity index (χ4n) is 3.65. The van der Waals surface area contributed by atoms with Crippen LogP contribution in [0.1, 0.15) is 6.92 Å². The number of alkyl halides is 19. The number of hydrogen-bond donors (Lipinski definition) is 0. The number of carbonyl (C=O) groups excluding carboxylic acids is 4. The van der Waals surface area contributed by atoms with Crippen LogP contribution in [0.4, 0.5) is 83.4 Å². The van der Waals surface area contributed by atoms with Crippen LogP contribution in [0.5, 0.6) is 0 Å². The fraction of sp³-hybridized carbons (Fsp3) is 0.625. The molecule has 0 rings (SSSR count). The van der Waals surface area contributed by atoms with Crippen molar-refractivity contribution in [3.63, 3.8) is 0 Å². The van der Waals surface area contributed by atoms with E-state index in [-0.39, 0.29) is 24.3 Å². The van der Waals surface area contributed by atoms with Crippen LogP contribution in [0, 0.1) is 5.41 Å². The third-order valence-corrected chi connectivity index (χ3v) is 7.43. The van der Waals surface area contributed by atoms with Gasteiger partial charge in [-0.05, 0) is 6.92 Å². The van der Waals surface area contributed by atoms with Gasteiger partial charge in [0.1, 0.15) is 26.4 Å². The Bertz CT molecular complexity index is 1650. The molecule has 0 aromatic rings. The summed E-state index contributed by atoms with van der Waals surface area (Å²) in [7, 11) is 0. The van der Waals surface area contributed by atoms with Crippen molar-refractivity contribution in [2.24, 2.45) is 5.41 Å². The molecule has 0 saturated heterocycles. The van der Waals surface area contributed by atoms with E-state index < -0.39 is 149 Å². The Labute approximate surface area is 340 Å². The maximum Gasteiger partial charge on any atom is 0.434 e. The molecule has 31 heteroatoms. The highest BCUT2D eigenvalue weighted by molar-refractivity contribution is 5.82. The van der Waals surface area contributed by atoms with Crippen molar-refractivity contribution < 1.29 is 140 Å². The van der Waals surface area contributed by atoms with Gasteiger partial charge in [0, 0.05) is 24.3 Å². The van der Waals surface area contributed by atoms with Crippen LogP contribution >= 0.6 is 0 Å². The molecule has 0 N–H and O–H groups in total. The van der Waals surface area contributed by atoms with E-state index in [0.29, 0.717) is 0 Å². The lowest BCUT2D eigenvalue weighted by atomic mass is 9.85. The molecule has 0 heterocycles. The summed E-state index contributed by atoms with van der Waals surface area (Å²) in [5, 5.41) is 0. The van der Waals surface area contributed by atoms with Crippen molar-refractivity contribution in [1.82, 2.24) is 0 Å². The van der Waals surface area contributed by atoms with Crippen molar-refractivity contribution in [3.8, 4) is 0 Å². The van der Waals surface area contributed by atoms with E-state index in [1.807, 2.05) is 0 Å². The molecule has 4 atom stereocenters. The molecule has 0 aliphatic carbocycles. The van der Waals surface area contributed by atoms with E-state index in [9.17, 15) is 54.3 Å². The number of carbonyl (C=O) groups is 4. The van der Waals surface area contributed by atoms with Gasteiger partial charge in [-0.1, -0.05) is 26.3 Å². The van der Waals surface area contributed by atoms with E-state index in [4.69, 9.17) is 0 Å². The van der Waals surface area contributed by atoms with Crippen LogP contribution in [0.2, 0.25) is 0 Å². The number of esters is 4. The van der Waals surface area contributed by atoms with Crippen molar-refractivity contribution >= 4 is 23.9 Å². The lowest BCUT2D eigenvalue weighted by Crippen LogP contribution is -2.69. The van der Waals surface area contributed by atoms with E-state index >= 15 is 48.3 Å². The van der Waals surface area contributed by atoms with Gasteiger partial charge in [-0.3, -0.25) is 9.47 Å². The van der Waals surface area contributed by atoms with Gasteiger partial charge < -0.3 is 28.4 Å². The molecule has 0 radical (unpaired) electrons. The first-order chi connectivity index (χ1) is 28.1. The second kappa shape index (κ2) is 20.9. The molecule has 0 aliphatic rings. The van der Waals surface area contributed by atoms with Crippen LogP contribution in [-0.2, 0) is 57.1 Å². The topological polar surface area (TPSA) is 142 Å². The number of ether oxygens (including phenoxy) is 8. The monoisotopic (exact) mass is 968 g/mol. The maximum atomic E-state index is 16.2. The summed E-state index contributed by atoms with van der Waals surface area (Å²) in [6.07, 6.45) is -42.6. The second-order valence-corrected chi connectivity index (χ2v) is 12.4. The van der Waals surface area contributed by atoms with E-state index in [1.54, 1.807) is 0 Å². The van der Waals surface area contributed by atoms with Gasteiger partial charge in [-0.15, -0.1) is 0 Å². The molecule has 0 aromatic heterocycles. The van der Waals surface area contributed by atoms with E-state index in [2.05, 4.69) is 64.2 Å². The Morgan fingerprint density at radius 2 is 0.762 bits per heavy atom. The maximum absolute atomic E-state index is 16.2. The highest BCUT2D eigenvalue weighted by Crippen LogP contribution is 2.58. The minimum Gasteiger partial charge on any atom is -0.459 e. The second-order valence-electron chi connectivity index (χ2n) is 12.4. The van der Waals surface area contributed by atoms with Crippen LogP contribution in [0.3, 0.4) is 0 Å². The molecule has 12 nitrogen and oxygen atoms in total. The van der Waals surface area contributed by atoms with Crippen LogP contribution < -0.4 is 0 Å². The molecule has 0 spiro atoms. The molecule has 0 aromatic carbocycles. The van der Waals surface area contributed by atoms with Gasteiger partial charge in [-0.25, -0.2) is 41.1 Å². The van der Waals surface area contributed by atoms with Crippen molar-refractivity contribution in [3.05, 3.63) is 50.6 Å². The van der Waals surface area contributed by atoms with Gasteiger partial charge >= 0.3 is 72.3 Å². The first-order valence-corrected chi connectivity index (χ1v) is 16.0. The van der Waals surface area contributed by atoms with Crippen LogP contribution in [0.15, 0.2) is 50.6 Å². The van der Waals surface area contributed by atoms with Gasteiger partial charge in [0.15, 0.2) is 12.0 Å². The summed E-state index contributed by atoms with van der Waals surface area (Å²) < 4.78 is 310. The number of halogens is 19. The zero-order valence-corrected chi connectivity index (χ0v) is 31.4. The molecule has 0 fully saturated rings. The molecule has 4 unspecified atom stereocenters. The highest BCUT2D eigenvalue weighted by Gasteiger charge is 2.81. The van der Waals surface area contributed by atoms with E-state index in [0.717, 1.165) is 0 Å². The minimum absolute atomic E-state index is 0.0610. The van der Waals surface area contributed by atoms with Gasteiger partial charge in [0.05, 0.1) is 19.8 Å². The van der Waals surface area contributed by atoms with Gasteiger partial charge in [0.25, 0.3) is 5.67 Å². The summed E-state index contributed by atoms with van der Waals surface area (Å²) in [5.74, 6) is -12.6. The molecule has 0 saturated carbocycles. The molecule has 0 bridgehead atoms. The molecule has 0 aliphatic heterocycles. The predicted octanol–water partition coefficient (Wildman–Crippen LogP) is 7.23. The summed E-state index contributed by atoms with van der Waals surface area (Å²) in [6.45, 7) is -13.9. The number of rotatable bonds is 28. The van der Waals surface area contributed by atoms with Crippen LogP contribution in [0.25, 0.3) is 0 Å². The number of hydrogen-bond acceptors (Lipinski definition) is 12. The van der Waals surface area contributed by atoms with E-state index in [1.165, 1.54) is 0 Å². The fourth-order valence-corrected chi connectivity index (χ4v) is 3.65. The van der Waals surface area contributed by atoms with Gasteiger partial charge in [-0.2, -0.15) is 61.5 Å². The van der Waals surface area contributed by atoms with Crippen molar-refractivity contribution in [1.29, 1.82) is 0 Å². The largest absolute Gasteiger partial charge is 0.459 e. The molecular formula is C32H31F19O12. The Hall–Kier alpha value is -4.65. The molecule has 364 valence electrons. The van der Waals surface area contributed by atoms with Crippen molar-refractivity contribution in [2.45, 2.75) is 66.6 Å². The highest BCUT2D eigenvalue weighted by atomic mass is 19.4. The summed E-state index contributed by atoms with van der Waals surface area (Å²) in [4.78, 5) is 45.0. The third-order valence-electron chi connectivity index (χ3n) is 7.43. The quantitative estimate of drug-likeness (QED) is 0.0338. The summed E-state index contributed by atoms with van der Waals surface area (Å²) in [6, 6.07) is 0. The molecular weight excluding hydrogens is 937 g/mol. The van der Waals surface area contributed by atoms with Crippen LogP contribution in [-0.4, -0.2) is 136 Å². The first kappa shape index (κ1) is 58.4. The first-order valence-electron chi connectivity index (χ1n) is 16.0. The zero-order chi connectivity index (χ0) is 50.0. The average molecular weight is 969 g/mol. The Balaban J connectivity index is 8.18. The lowest BCUT2D eigenvalue weighted by molar-refractivity contribution is -0.521. The average Bonchev–Trinajstić information content (AvgIpc) is 3.13.